The molecule has 768 valence electrons. The zero-order valence-corrected chi connectivity index (χ0v) is 83.3. The van der Waals surface area contributed by atoms with Crippen LogP contribution >= 0.6 is 0 Å². The first kappa shape index (κ1) is 105. The number of aromatic nitrogens is 16. The second-order valence-electron chi connectivity index (χ2n) is 35.8. The number of fused-ring (bicyclic) bond motifs is 4. The maximum Gasteiger partial charge on any atom is 0.439 e. The first-order chi connectivity index (χ1) is 72.3. The number of carboxylic acids is 4. The molecule has 0 unspecified atom stereocenters. The zero-order chi connectivity index (χ0) is 106. The van der Waals surface area contributed by atoms with Crippen LogP contribution in [-0.2, 0) is 26.2 Å². The number of carbonyl (C=O) groups is 4. The third kappa shape index (κ3) is 25.4. The van der Waals surface area contributed by atoms with Crippen molar-refractivity contribution in [1.29, 1.82) is 0 Å². The Balaban J connectivity index is 0.000000143. The molecular formula is C110H106N18O22. The van der Waals surface area contributed by atoms with E-state index in [0.29, 0.717) is 144 Å². The van der Waals surface area contributed by atoms with Crippen molar-refractivity contribution >= 4 is 68.0 Å². The molecule has 12 aromatic carbocycles. The second-order valence-corrected chi connectivity index (χ2v) is 35.8. The zero-order valence-electron chi connectivity index (χ0n) is 83.3. The standard InChI is InChI=1S/4C25H20N4O5.2C5H14NO/c4*1-2-33-24-26-20-9-5-8-19(23(30)31)21(20)29(24)14-15-10-12-16(13-11-15)17-6-3-4-7-18(17)22-27-25(32)34-28-22;2*1-6(2,3)4-5-7/h4*3-13H,2,14H2,1H3,(H,30,31)(H,27,28,32);2*7H,4-5H2,1-3H3/q;;;;2*+1/p-2. The fourth-order valence-corrected chi connectivity index (χ4v) is 16.5. The molecule has 0 fully saturated rings. The van der Waals surface area contributed by atoms with Gasteiger partial charge in [-0.1, -0.05) is 251 Å². The Morgan fingerprint density at radius 1 is 0.300 bits per heavy atom. The van der Waals surface area contributed by atoms with Crippen molar-refractivity contribution in [1.82, 2.24) is 78.8 Å². The van der Waals surface area contributed by atoms with Gasteiger partial charge in [0.25, 0.3) is 24.0 Å². The van der Waals surface area contributed by atoms with E-state index in [0.717, 1.165) is 111 Å². The number of aliphatic hydroxyl groups is 2. The number of carbonyl (C=O) groups excluding carboxylic acids is 2. The number of likely N-dealkylation sites (N-methyl/N-ethyl adjacent to an activating group) is 2. The number of quaternary nitrogens is 2. The highest BCUT2D eigenvalue weighted by molar-refractivity contribution is 6.04. The van der Waals surface area contributed by atoms with Crippen molar-refractivity contribution in [2.75, 3.05) is 95.0 Å². The number of nitrogens with zero attached hydrogens (tertiary/aromatic N) is 14. The maximum absolute atomic E-state index is 11.8. The first-order valence-corrected chi connectivity index (χ1v) is 47.5. The highest BCUT2D eigenvalue weighted by Crippen LogP contribution is 2.39. The Hall–Kier alpha value is -18.8. The largest absolute Gasteiger partial charge is 0.545 e. The third-order valence-electron chi connectivity index (χ3n) is 23.4. The molecule has 8 heterocycles. The van der Waals surface area contributed by atoms with Crippen LogP contribution in [0.1, 0.15) is 91.4 Å². The van der Waals surface area contributed by atoms with E-state index in [4.69, 9.17) is 29.2 Å². The summed E-state index contributed by atoms with van der Waals surface area (Å²) in [5.41, 5.74) is 18.5. The average molecular weight is 2030 g/mol. The summed E-state index contributed by atoms with van der Waals surface area (Å²) >= 11 is 0. The van der Waals surface area contributed by atoms with Gasteiger partial charge in [-0.05, 0) is 131 Å². The molecule has 0 aliphatic heterocycles. The Kier molecular flexibility index (Phi) is 33.6. The van der Waals surface area contributed by atoms with Crippen LogP contribution in [0, 0.1) is 0 Å². The van der Waals surface area contributed by atoms with Gasteiger partial charge in [-0.3, -0.25) is 56.3 Å². The molecular weight excluding hydrogens is 1930 g/mol. The molecule has 8 aromatic heterocycles. The van der Waals surface area contributed by atoms with Gasteiger partial charge in [-0.15, -0.1) is 0 Å². The van der Waals surface area contributed by atoms with Crippen LogP contribution in [0.4, 0.5) is 0 Å². The van der Waals surface area contributed by atoms with Crippen LogP contribution in [0.3, 0.4) is 0 Å². The lowest BCUT2D eigenvalue weighted by molar-refractivity contribution is -0.870. The van der Waals surface area contributed by atoms with Crippen LogP contribution < -0.4 is 52.2 Å². The van der Waals surface area contributed by atoms with E-state index in [2.05, 4.69) is 121 Å². The van der Waals surface area contributed by atoms with Gasteiger partial charge < -0.3 is 68.1 Å². The Labute approximate surface area is 854 Å². The Morgan fingerprint density at radius 3 is 0.680 bits per heavy atom. The molecule has 0 atom stereocenters. The van der Waals surface area contributed by atoms with Crippen LogP contribution in [0.25, 0.3) is 134 Å². The Bertz CT molecular complexity index is 7440. The summed E-state index contributed by atoms with van der Waals surface area (Å²) in [5.74, 6) is -5.62. The van der Waals surface area contributed by atoms with Gasteiger partial charge in [0.05, 0.1) is 175 Å². The summed E-state index contributed by atoms with van der Waals surface area (Å²) in [7, 11) is 12.3. The molecule has 150 heavy (non-hydrogen) atoms. The van der Waals surface area contributed by atoms with Gasteiger partial charge in [0.2, 0.25) is 0 Å². The van der Waals surface area contributed by atoms with Gasteiger partial charge in [-0.2, -0.15) is 19.9 Å². The quantitative estimate of drug-likeness (QED) is 0.0182. The molecule has 0 bridgehead atoms. The number of rotatable bonds is 32. The van der Waals surface area contributed by atoms with E-state index in [1.165, 1.54) is 12.1 Å². The fraction of sp³-hybridized carbons (Fsp3) is 0.200. The summed E-state index contributed by atoms with van der Waals surface area (Å²) in [6.45, 7) is 12.7. The highest BCUT2D eigenvalue weighted by atomic mass is 16.5. The van der Waals surface area contributed by atoms with E-state index in [-0.39, 0.29) is 35.5 Å². The number of para-hydroxylation sites is 4. The highest BCUT2D eigenvalue weighted by Gasteiger charge is 2.26. The number of ether oxygens (including phenoxy) is 4. The van der Waals surface area contributed by atoms with Crippen molar-refractivity contribution in [3.05, 3.63) is 354 Å². The maximum atomic E-state index is 11.8. The smallest absolute Gasteiger partial charge is 0.439 e. The predicted octanol–water partition coefficient (Wildman–Crippen LogP) is 13.5. The molecule has 0 aliphatic rings. The van der Waals surface area contributed by atoms with Gasteiger partial charge >= 0.3 is 35.0 Å². The number of hydrogen-bond donors (Lipinski definition) is 8. The van der Waals surface area contributed by atoms with Gasteiger partial charge in [0, 0.05) is 33.4 Å². The number of aromatic carboxylic acids is 4. The monoisotopic (exact) mass is 2030 g/mol. The lowest BCUT2D eigenvalue weighted by atomic mass is 9.98. The number of nitrogens with one attached hydrogen (secondary N) is 4. The molecule has 40 heteroatoms. The molecule has 0 amide bonds. The molecule has 20 aromatic rings. The van der Waals surface area contributed by atoms with Crippen LogP contribution in [0.5, 0.6) is 24.0 Å². The molecule has 40 nitrogen and oxygen atoms in total. The summed E-state index contributed by atoms with van der Waals surface area (Å²) in [4.78, 5) is 121. The third-order valence-corrected chi connectivity index (χ3v) is 23.4. The van der Waals surface area contributed by atoms with Crippen LogP contribution in [-0.4, -0.2) is 227 Å². The van der Waals surface area contributed by atoms with Crippen molar-refractivity contribution < 1.29 is 95.8 Å². The molecule has 0 radical (unpaired) electrons. The first-order valence-electron chi connectivity index (χ1n) is 47.5. The van der Waals surface area contributed by atoms with Crippen molar-refractivity contribution in [3.63, 3.8) is 0 Å². The number of imidazole rings is 4. The minimum atomic E-state index is -1.27. The van der Waals surface area contributed by atoms with Gasteiger partial charge in [0.15, 0.2) is 23.3 Å². The molecule has 0 saturated carbocycles. The normalized spacial score (nSPS) is 11.2. The SMILES string of the molecule is CCOc1nc2cccc(C(=O)O)c2n1Cc1ccc(-c2ccccc2-c2noc(=O)[nH]2)cc1.CCOc1nc2cccc(C(=O)O)c2n1Cc1ccc(-c2ccccc2-c2noc(=O)[nH]2)cc1.CCOc1nc2cccc(C(=O)[O-])c2n1Cc1ccc(-c2ccccc2-c2noc(=O)[nH]2)cc1.CCOc1nc2cccc(C(=O)[O-])c2n1Cc1ccc(-c2ccccc2-c2noc(=O)[nH]2)cc1.C[N+](C)(C)CCO.C[N+](C)(C)CCO. The molecule has 8 N–H and O–H groups in total. The number of H-pyrrole nitrogens is 4. The number of carboxylic acid groups (broad SMARTS) is 4. The summed E-state index contributed by atoms with van der Waals surface area (Å²) in [6, 6.07) is 82.7. The van der Waals surface area contributed by atoms with E-state index >= 15 is 0 Å². The van der Waals surface area contributed by atoms with E-state index in [9.17, 15) is 58.8 Å². The molecule has 0 spiro atoms. The lowest BCUT2D eigenvalue weighted by Crippen LogP contribution is -2.36. The molecule has 0 aliphatic carbocycles. The predicted molar refractivity (Wildman–Crippen MR) is 555 cm³/mol. The average Bonchev–Trinajstić information content (AvgIpc) is 1.63. The van der Waals surface area contributed by atoms with Crippen LogP contribution in [0.2, 0.25) is 0 Å². The second kappa shape index (κ2) is 47.8. The minimum absolute atomic E-state index is 0.0584. The molecule has 20 rings (SSSR count). The summed E-state index contributed by atoms with van der Waals surface area (Å²) < 4.78 is 50.1. The number of aromatic amines is 4. The number of hydrogen-bond acceptors (Lipinski definition) is 28. The fourth-order valence-electron chi connectivity index (χ4n) is 16.5. The topological polar surface area (TPSA) is 539 Å². The number of benzene rings is 12. The minimum Gasteiger partial charge on any atom is -0.545 e. The Morgan fingerprint density at radius 2 is 0.507 bits per heavy atom. The van der Waals surface area contributed by atoms with Crippen molar-refractivity contribution in [3.8, 4) is 114 Å². The lowest BCUT2D eigenvalue weighted by Gasteiger charge is -2.21. The van der Waals surface area contributed by atoms with Gasteiger partial charge in [0.1, 0.15) is 13.1 Å². The van der Waals surface area contributed by atoms with Crippen LogP contribution in [0.15, 0.2) is 304 Å². The van der Waals surface area contributed by atoms with Gasteiger partial charge in [-0.25, -0.2) is 28.8 Å². The van der Waals surface area contributed by atoms with Crippen molar-refractivity contribution in [2.24, 2.45) is 0 Å². The number of aliphatic hydroxyl groups excluding tert-OH is 2. The summed E-state index contributed by atoms with van der Waals surface area (Å²) in [5, 5.41) is 74.8. The van der Waals surface area contributed by atoms with E-state index < -0.39 is 46.9 Å². The van der Waals surface area contributed by atoms with Crippen molar-refractivity contribution in [2.45, 2.75) is 53.9 Å². The molecule has 0 saturated heterocycles. The summed E-state index contributed by atoms with van der Waals surface area (Å²) in [6.07, 6.45) is 0. The van der Waals surface area contributed by atoms with E-state index in [1.807, 2.05) is 222 Å². The van der Waals surface area contributed by atoms with E-state index in [1.54, 1.807) is 78.9 Å².